The lowest BCUT2D eigenvalue weighted by molar-refractivity contribution is -0.150. The smallest absolute Gasteiger partial charge is 0.165 e. The van der Waals surface area contributed by atoms with Gasteiger partial charge in [0, 0.05) is 0 Å². The molecule has 8 heteroatoms. The third-order valence-electron chi connectivity index (χ3n) is 3.16. The molecule has 1 saturated heterocycles. The minimum absolute atomic E-state index is 0.324. The molecular weight excluding hydrogens is 262 g/mol. The molecule has 0 spiro atoms. The average Bonchev–Trinajstić information content (AvgIpc) is 2.92. The number of rotatable bonds is 3. The molecule has 2 aromatic rings. The molecule has 0 aliphatic carbocycles. The van der Waals surface area contributed by atoms with E-state index in [4.69, 9.17) is 15.2 Å². The Morgan fingerprint density at radius 3 is 2.95 bits per heavy atom. The number of carbonyl (C=O) groups excluding carboxylic acids is 1. The van der Waals surface area contributed by atoms with Gasteiger partial charge in [-0.25, -0.2) is 15.0 Å². The van der Waals surface area contributed by atoms with Crippen molar-refractivity contribution in [2.45, 2.75) is 38.4 Å². The van der Waals surface area contributed by atoms with E-state index in [1.165, 1.54) is 6.33 Å². The van der Waals surface area contributed by atoms with Crippen LogP contribution >= 0.6 is 0 Å². The van der Waals surface area contributed by atoms with Gasteiger partial charge in [0.15, 0.2) is 23.5 Å². The zero-order valence-corrected chi connectivity index (χ0v) is 11.2. The normalized spacial score (nSPS) is 25.1. The van der Waals surface area contributed by atoms with Gasteiger partial charge in [-0.05, 0) is 13.8 Å². The zero-order valence-electron chi connectivity index (χ0n) is 11.2. The summed E-state index contributed by atoms with van der Waals surface area (Å²) in [6.45, 7) is 3.95. The van der Waals surface area contributed by atoms with E-state index in [-0.39, 0.29) is 0 Å². The van der Waals surface area contributed by atoms with Crippen molar-refractivity contribution < 1.29 is 14.3 Å². The number of hydrogen-bond acceptors (Lipinski definition) is 7. The van der Waals surface area contributed by atoms with E-state index < -0.39 is 18.0 Å². The molecule has 106 valence electrons. The largest absolute Gasteiger partial charge is 0.382 e. The molecule has 3 heterocycles. The second kappa shape index (κ2) is 4.50. The highest BCUT2D eigenvalue weighted by Crippen LogP contribution is 2.28. The van der Waals surface area contributed by atoms with E-state index in [0.717, 1.165) is 6.29 Å². The van der Waals surface area contributed by atoms with E-state index in [9.17, 15) is 4.79 Å². The number of ether oxygens (including phenoxy) is 2. The highest BCUT2D eigenvalue weighted by atomic mass is 16.8. The Morgan fingerprint density at radius 1 is 1.40 bits per heavy atom. The highest BCUT2D eigenvalue weighted by Gasteiger charge is 2.41. The first-order valence-corrected chi connectivity index (χ1v) is 6.22. The zero-order chi connectivity index (χ0) is 14.3. The topological polar surface area (TPSA) is 105 Å². The van der Waals surface area contributed by atoms with Crippen molar-refractivity contribution in [3.8, 4) is 0 Å². The number of imidazole rings is 1. The number of fused-ring (bicyclic) bond motifs is 1. The summed E-state index contributed by atoms with van der Waals surface area (Å²) in [6.07, 6.45) is 2.73. The predicted octanol–water partition coefficient (Wildman–Crippen LogP) is 0.127. The Bertz CT molecular complexity index is 654. The van der Waals surface area contributed by atoms with Crippen LogP contribution in [0.15, 0.2) is 12.7 Å². The molecule has 2 N–H and O–H groups in total. The van der Waals surface area contributed by atoms with E-state index in [1.807, 2.05) is 0 Å². The van der Waals surface area contributed by atoms with Crippen LogP contribution in [0.2, 0.25) is 0 Å². The van der Waals surface area contributed by atoms with Gasteiger partial charge in [0.2, 0.25) is 0 Å². The van der Waals surface area contributed by atoms with Crippen molar-refractivity contribution in [1.29, 1.82) is 0 Å². The van der Waals surface area contributed by atoms with E-state index in [0.29, 0.717) is 23.5 Å². The van der Waals surface area contributed by atoms with Crippen molar-refractivity contribution in [2.24, 2.45) is 0 Å². The molecule has 20 heavy (non-hydrogen) atoms. The maximum atomic E-state index is 11.1. The molecule has 2 unspecified atom stereocenters. The molecule has 0 bridgehead atoms. The van der Waals surface area contributed by atoms with Gasteiger partial charge in [-0.3, -0.25) is 0 Å². The third-order valence-corrected chi connectivity index (χ3v) is 3.16. The van der Waals surface area contributed by atoms with Gasteiger partial charge in [-0.1, -0.05) is 0 Å². The Hall–Kier alpha value is -2.06. The van der Waals surface area contributed by atoms with Gasteiger partial charge >= 0.3 is 0 Å². The average molecular weight is 277 g/mol. The number of hydrogen-bond donors (Lipinski definition) is 1. The number of aromatic nitrogens is 4. The van der Waals surface area contributed by atoms with Crippen LogP contribution in [0.5, 0.6) is 0 Å². The van der Waals surface area contributed by atoms with Crippen molar-refractivity contribution in [2.75, 3.05) is 5.73 Å². The SMILES string of the molecule is CC1(C)OC(C=O)C(Cn2cnc3c(N)ncnc32)O1. The number of nitrogens with zero attached hydrogens (tertiary/aromatic N) is 4. The fourth-order valence-corrected chi connectivity index (χ4v) is 2.35. The van der Waals surface area contributed by atoms with Crippen LogP contribution in [-0.4, -0.2) is 43.8 Å². The summed E-state index contributed by atoms with van der Waals surface area (Å²) in [6, 6.07) is 0. The Kier molecular flexibility index (Phi) is 2.91. The van der Waals surface area contributed by atoms with Gasteiger partial charge in [0.05, 0.1) is 12.9 Å². The number of aldehydes is 1. The van der Waals surface area contributed by atoms with Crippen LogP contribution in [0.4, 0.5) is 5.82 Å². The minimum atomic E-state index is -0.777. The number of nitrogen functional groups attached to an aromatic ring is 1. The van der Waals surface area contributed by atoms with Gasteiger partial charge in [0.25, 0.3) is 0 Å². The molecule has 1 aliphatic heterocycles. The lowest BCUT2D eigenvalue weighted by Gasteiger charge is -2.17. The maximum Gasteiger partial charge on any atom is 0.165 e. The van der Waals surface area contributed by atoms with Crippen LogP contribution in [0.25, 0.3) is 11.2 Å². The van der Waals surface area contributed by atoms with Crippen molar-refractivity contribution >= 4 is 23.3 Å². The first-order chi connectivity index (χ1) is 9.50. The summed E-state index contributed by atoms with van der Waals surface area (Å²) in [4.78, 5) is 23.3. The third kappa shape index (κ3) is 2.12. The monoisotopic (exact) mass is 277 g/mol. The van der Waals surface area contributed by atoms with Crippen LogP contribution in [0.3, 0.4) is 0 Å². The molecule has 1 fully saturated rings. The summed E-state index contributed by atoms with van der Waals surface area (Å²) < 4.78 is 13.0. The number of nitrogens with two attached hydrogens (primary N) is 1. The van der Waals surface area contributed by atoms with Gasteiger partial charge in [0.1, 0.15) is 24.1 Å². The first kappa shape index (κ1) is 12.9. The quantitative estimate of drug-likeness (QED) is 0.795. The van der Waals surface area contributed by atoms with Crippen molar-refractivity contribution in [1.82, 2.24) is 19.5 Å². The van der Waals surface area contributed by atoms with Crippen molar-refractivity contribution in [3.63, 3.8) is 0 Å². The molecule has 3 rings (SSSR count). The fraction of sp³-hybridized carbons (Fsp3) is 0.500. The maximum absolute atomic E-state index is 11.1. The van der Waals surface area contributed by atoms with Gasteiger partial charge in [-0.2, -0.15) is 0 Å². The fourth-order valence-electron chi connectivity index (χ4n) is 2.35. The molecule has 0 saturated carbocycles. The van der Waals surface area contributed by atoms with Crippen LogP contribution in [0.1, 0.15) is 13.8 Å². The van der Waals surface area contributed by atoms with E-state index >= 15 is 0 Å². The van der Waals surface area contributed by atoms with Crippen LogP contribution in [0, 0.1) is 0 Å². The second-order valence-electron chi connectivity index (χ2n) is 5.10. The summed E-state index contributed by atoms with van der Waals surface area (Å²) in [5, 5.41) is 0. The lowest BCUT2D eigenvalue weighted by atomic mass is 10.2. The van der Waals surface area contributed by atoms with E-state index in [1.54, 1.807) is 24.7 Å². The highest BCUT2D eigenvalue weighted by molar-refractivity contribution is 5.81. The Balaban J connectivity index is 1.90. The molecule has 1 aliphatic rings. The first-order valence-electron chi connectivity index (χ1n) is 6.22. The predicted molar refractivity (Wildman–Crippen MR) is 69.6 cm³/mol. The molecule has 2 aromatic heterocycles. The summed E-state index contributed by atoms with van der Waals surface area (Å²) >= 11 is 0. The van der Waals surface area contributed by atoms with Gasteiger partial charge in [-0.15, -0.1) is 0 Å². The van der Waals surface area contributed by atoms with Crippen LogP contribution in [-0.2, 0) is 20.8 Å². The summed E-state index contributed by atoms with van der Waals surface area (Å²) in [5.41, 5.74) is 6.88. The molecule has 0 aromatic carbocycles. The van der Waals surface area contributed by atoms with E-state index in [2.05, 4.69) is 15.0 Å². The molecular formula is C12H15N5O3. The van der Waals surface area contributed by atoms with Crippen LogP contribution < -0.4 is 5.73 Å². The number of carbonyl (C=O) groups is 1. The Labute approximate surface area is 114 Å². The molecule has 0 radical (unpaired) electrons. The molecule has 2 atom stereocenters. The standard InChI is InChI=1S/C12H15N5O3/c1-12(2)19-7(8(4-18)20-12)3-17-6-16-9-10(13)14-5-15-11(9)17/h4-8H,3H2,1-2H3,(H2,13,14,15). The summed E-state index contributed by atoms with van der Waals surface area (Å²) in [7, 11) is 0. The second-order valence-corrected chi connectivity index (χ2v) is 5.10. The molecule has 8 nitrogen and oxygen atoms in total. The van der Waals surface area contributed by atoms with Gasteiger partial charge < -0.3 is 24.6 Å². The number of anilines is 1. The minimum Gasteiger partial charge on any atom is -0.382 e. The molecule has 0 amide bonds. The van der Waals surface area contributed by atoms with Crippen molar-refractivity contribution in [3.05, 3.63) is 12.7 Å². The lowest BCUT2D eigenvalue weighted by Crippen LogP contribution is -2.28. The summed E-state index contributed by atoms with van der Waals surface area (Å²) in [5.74, 6) is -0.453. The Morgan fingerprint density at radius 2 is 2.20 bits per heavy atom.